The number of nitrogens with two attached hydrogens (primary N) is 1. The first-order valence-electron chi connectivity index (χ1n) is 5.70. The third kappa shape index (κ3) is 1.50. The van der Waals surface area contributed by atoms with Crippen LogP contribution in [-0.2, 0) is 5.41 Å². The molecule has 2 aromatic carbocycles. The summed E-state index contributed by atoms with van der Waals surface area (Å²) in [4.78, 5) is 0. The number of hydrogen-bond acceptors (Lipinski definition) is 1. The Morgan fingerprint density at radius 3 is 2.24 bits per heavy atom. The highest BCUT2D eigenvalue weighted by Gasteiger charge is 2.35. The van der Waals surface area contributed by atoms with E-state index in [1.54, 1.807) is 0 Å². The minimum absolute atomic E-state index is 0.0568. The summed E-state index contributed by atoms with van der Waals surface area (Å²) in [5.41, 5.74) is 12.2. The van der Waals surface area contributed by atoms with Crippen molar-refractivity contribution in [3.05, 3.63) is 51.1 Å². The van der Waals surface area contributed by atoms with Gasteiger partial charge in [-0.05, 0) is 69.1 Å². The summed E-state index contributed by atoms with van der Waals surface area (Å²) in [6, 6.07) is 12.9. The van der Waals surface area contributed by atoms with Gasteiger partial charge in [-0.1, -0.05) is 26.0 Å². The average Bonchev–Trinajstić information content (AvgIpc) is 2.49. The second-order valence-corrected chi connectivity index (χ2v) is 6.37. The molecule has 1 aliphatic carbocycles. The highest BCUT2D eigenvalue weighted by atomic mass is 127. The van der Waals surface area contributed by atoms with Crippen LogP contribution in [0, 0.1) is 3.57 Å². The Morgan fingerprint density at radius 1 is 0.941 bits per heavy atom. The predicted octanol–water partition coefficient (Wildman–Crippen LogP) is 4.18. The van der Waals surface area contributed by atoms with E-state index in [2.05, 4.69) is 66.8 Å². The van der Waals surface area contributed by atoms with Crippen LogP contribution in [0.5, 0.6) is 0 Å². The van der Waals surface area contributed by atoms with Crippen molar-refractivity contribution in [1.29, 1.82) is 0 Å². The van der Waals surface area contributed by atoms with E-state index in [0.717, 1.165) is 5.69 Å². The topological polar surface area (TPSA) is 26.0 Å². The van der Waals surface area contributed by atoms with Crippen molar-refractivity contribution in [3.63, 3.8) is 0 Å². The van der Waals surface area contributed by atoms with Gasteiger partial charge in [-0.15, -0.1) is 0 Å². The molecule has 0 amide bonds. The van der Waals surface area contributed by atoms with Crippen molar-refractivity contribution in [2.75, 3.05) is 5.73 Å². The molecule has 0 unspecified atom stereocenters. The van der Waals surface area contributed by atoms with Crippen molar-refractivity contribution < 1.29 is 0 Å². The summed E-state index contributed by atoms with van der Waals surface area (Å²) in [5.74, 6) is 0. The first-order valence-corrected chi connectivity index (χ1v) is 6.78. The highest BCUT2D eigenvalue weighted by Crippen LogP contribution is 2.49. The van der Waals surface area contributed by atoms with Crippen LogP contribution >= 0.6 is 22.6 Å². The van der Waals surface area contributed by atoms with Crippen LogP contribution in [0.25, 0.3) is 11.1 Å². The SMILES string of the molecule is CC1(C)c2cc(N)ccc2-c2ccc(I)cc21. The number of hydrogen-bond donors (Lipinski definition) is 1. The molecule has 0 fully saturated rings. The number of nitrogen functional groups attached to an aromatic ring is 1. The molecular weight excluding hydrogens is 321 g/mol. The van der Waals surface area contributed by atoms with Crippen LogP contribution in [-0.4, -0.2) is 0 Å². The molecule has 2 aromatic rings. The third-order valence-electron chi connectivity index (χ3n) is 3.66. The van der Waals surface area contributed by atoms with Crippen LogP contribution in [0.3, 0.4) is 0 Å². The van der Waals surface area contributed by atoms with Crippen LogP contribution in [0.2, 0.25) is 0 Å². The van der Waals surface area contributed by atoms with Gasteiger partial charge in [0.05, 0.1) is 0 Å². The molecule has 3 rings (SSSR count). The minimum atomic E-state index is 0.0568. The second-order valence-electron chi connectivity index (χ2n) is 5.12. The van der Waals surface area contributed by atoms with E-state index in [0.29, 0.717) is 0 Å². The number of rotatable bonds is 0. The van der Waals surface area contributed by atoms with Gasteiger partial charge < -0.3 is 5.73 Å². The monoisotopic (exact) mass is 335 g/mol. The maximum atomic E-state index is 5.92. The summed E-state index contributed by atoms with van der Waals surface area (Å²) in [7, 11) is 0. The zero-order valence-corrected chi connectivity index (χ0v) is 12.1. The van der Waals surface area contributed by atoms with Crippen molar-refractivity contribution in [2.24, 2.45) is 0 Å². The third-order valence-corrected chi connectivity index (χ3v) is 4.33. The van der Waals surface area contributed by atoms with E-state index in [1.807, 2.05) is 6.07 Å². The van der Waals surface area contributed by atoms with Crippen LogP contribution in [0.4, 0.5) is 5.69 Å². The number of fused-ring (bicyclic) bond motifs is 3. The lowest BCUT2D eigenvalue weighted by atomic mass is 9.82. The fraction of sp³-hybridized carbons (Fsp3) is 0.200. The van der Waals surface area contributed by atoms with Gasteiger partial charge in [0.2, 0.25) is 0 Å². The van der Waals surface area contributed by atoms with Crippen molar-refractivity contribution >= 4 is 28.3 Å². The molecule has 1 nitrogen and oxygen atoms in total. The molecule has 0 heterocycles. The molecule has 0 spiro atoms. The summed E-state index contributed by atoms with van der Waals surface area (Å²) in [6.07, 6.45) is 0. The normalized spacial score (nSPS) is 15.5. The summed E-state index contributed by atoms with van der Waals surface area (Å²) < 4.78 is 1.29. The maximum absolute atomic E-state index is 5.92. The van der Waals surface area contributed by atoms with Crippen LogP contribution in [0.1, 0.15) is 25.0 Å². The van der Waals surface area contributed by atoms with Crippen molar-refractivity contribution in [3.8, 4) is 11.1 Å². The standard InChI is InChI=1S/C15H14IN/c1-15(2)13-7-9(16)3-5-11(13)12-6-4-10(17)8-14(12)15/h3-8H,17H2,1-2H3. The van der Waals surface area contributed by atoms with Gasteiger partial charge in [0.25, 0.3) is 0 Å². The number of anilines is 1. The molecule has 0 atom stereocenters. The largest absolute Gasteiger partial charge is 0.399 e. The molecule has 17 heavy (non-hydrogen) atoms. The second kappa shape index (κ2) is 3.48. The maximum Gasteiger partial charge on any atom is 0.0317 e. The Morgan fingerprint density at radius 2 is 1.53 bits per heavy atom. The zero-order chi connectivity index (χ0) is 12.2. The fourth-order valence-corrected chi connectivity index (χ4v) is 3.22. The van der Waals surface area contributed by atoms with Gasteiger partial charge in [0.15, 0.2) is 0 Å². The van der Waals surface area contributed by atoms with E-state index >= 15 is 0 Å². The fourth-order valence-electron chi connectivity index (χ4n) is 2.73. The summed E-state index contributed by atoms with van der Waals surface area (Å²) in [6.45, 7) is 4.54. The Kier molecular flexibility index (Phi) is 2.27. The predicted molar refractivity (Wildman–Crippen MR) is 81.1 cm³/mol. The molecule has 86 valence electrons. The van der Waals surface area contributed by atoms with E-state index in [4.69, 9.17) is 5.73 Å². The lowest BCUT2D eigenvalue weighted by molar-refractivity contribution is 0.660. The number of halogens is 1. The van der Waals surface area contributed by atoms with Crippen molar-refractivity contribution in [1.82, 2.24) is 0 Å². The molecule has 0 aromatic heterocycles. The van der Waals surface area contributed by atoms with Crippen molar-refractivity contribution in [2.45, 2.75) is 19.3 Å². The van der Waals surface area contributed by atoms with E-state index in [-0.39, 0.29) is 5.41 Å². The Bertz CT molecular complexity index is 561. The Hall–Kier alpha value is -1.03. The van der Waals surface area contributed by atoms with E-state index in [1.165, 1.54) is 25.8 Å². The molecular formula is C15H14IN. The van der Waals surface area contributed by atoms with Gasteiger partial charge in [0, 0.05) is 14.7 Å². The van der Waals surface area contributed by atoms with Gasteiger partial charge in [-0.2, -0.15) is 0 Å². The molecule has 0 aliphatic heterocycles. The Balaban J connectivity index is 2.37. The van der Waals surface area contributed by atoms with Gasteiger partial charge >= 0.3 is 0 Å². The van der Waals surface area contributed by atoms with Gasteiger partial charge in [0.1, 0.15) is 0 Å². The molecule has 0 saturated heterocycles. The molecule has 1 aliphatic rings. The highest BCUT2D eigenvalue weighted by molar-refractivity contribution is 14.1. The summed E-state index contributed by atoms with van der Waals surface area (Å²) >= 11 is 2.37. The average molecular weight is 335 g/mol. The lowest BCUT2D eigenvalue weighted by Gasteiger charge is -2.21. The summed E-state index contributed by atoms with van der Waals surface area (Å²) in [5, 5.41) is 0. The number of benzene rings is 2. The lowest BCUT2D eigenvalue weighted by Crippen LogP contribution is -2.15. The zero-order valence-electron chi connectivity index (χ0n) is 9.92. The Labute approximate surface area is 115 Å². The molecule has 0 bridgehead atoms. The van der Waals surface area contributed by atoms with Crippen LogP contribution < -0.4 is 5.73 Å². The smallest absolute Gasteiger partial charge is 0.0317 e. The van der Waals surface area contributed by atoms with E-state index < -0.39 is 0 Å². The molecule has 2 N–H and O–H groups in total. The van der Waals surface area contributed by atoms with E-state index in [9.17, 15) is 0 Å². The minimum Gasteiger partial charge on any atom is -0.399 e. The first kappa shape index (κ1) is 11.1. The van der Waals surface area contributed by atoms with Crippen LogP contribution in [0.15, 0.2) is 36.4 Å². The molecule has 0 radical (unpaired) electrons. The molecule has 0 saturated carbocycles. The van der Waals surface area contributed by atoms with Gasteiger partial charge in [-0.3, -0.25) is 0 Å². The first-order chi connectivity index (χ1) is 8.00. The molecule has 2 heteroatoms. The van der Waals surface area contributed by atoms with Gasteiger partial charge in [-0.25, -0.2) is 0 Å². The quantitative estimate of drug-likeness (QED) is 0.567.